The first-order valence-electron chi connectivity index (χ1n) is 8.26. The van der Waals surface area contributed by atoms with E-state index in [4.69, 9.17) is 9.47 Å². The molecule has 0 aliphatic heterocycles. The smallest absolute Gasteiger partial charge is 0.251 e. The average molecular weight is 362 g/mol. The van der Waals surface area contributed by atoms with Crippen molar-refractivity contribution in [2.45, 2.75) is 13.8 Å². The van der Waals surface area contributed by atoms with Crippen LogP contribution < -0.4 is 5.32 Å². The Labute approximate surface area is 154 Å². The van der Waals surface area contributed by atoms with Crippen molar-refractivity contribution in [1.29, 1.82) is 0 Å². The van der Waals surface area contributed by atoms with Crippen molar-refractivity contribution in [3.8, 4) is 0 Å². The van der Waals surface area contributed by atoms with Crippen molar-refractivity contribution < 1.29 is 23.9 Å². The van der Waals surface area contributed by atoms with E-state index in [0.29, 0.717) is 37.6 Å². The normalized spacial score (nSPS) is 11.2. The molecule has 0 bridgehead atoms. The Morgan fingerprint density at radius 2 is 1.54 bits per heavy atom. The molecule has 2 amide bonds. The number of methoxy groups -OCH3 is 2. The van der Waals surface area contributed by atoms with Gasteiger partial charge in [-0.25, -0.2) is 0 Å². The van der Waals surface area contributed by atoms with Gasteiger partial charge in [0.1, 0.15) is 0 Å². The summed E-state index contributed by atoms with van der Waals surface area (Å²) in [5.74, 6) is -0.706. The Morgan fingerprint density at radius 1 is 1.00 bits per heavy atom. The molecule has 1 aromatic carbocycles. The maximum Gasteiger partial charge on any atom is 0.251 e. The molecule has 7 heteroatoms. The lowest BCUT2D eigenvalue weighted by Crippen LogP contribution is -2.35. The van der Waals surface area contributed by atoms with E-state index in [-0.39, 0.29) is 23.2 Å². The number of nitrogens with one attached hydrogen (secondary N) is 1. The van der Waals surface area contributed by atoms with Crippen LogP contribution in [0.25, 0.3) is 0 Å². The fourth-order valence-electron chi connectivity index (χ4n) is 2.10. The van der Waals surface area contributed by atoms with Crippen LogP contribution in [0.5, 0.6) is 0 Å². The van der Waals surface area contributed by atoms with E-state index in [1.165, 1.54) is 13.0 Å². The Kier molecular flexibility index (Phi) is 9.25. The van der Waals surface area contributed by atoms with Crippen LogP contribution in [0.1, 0.15) is 24.2 Å². The summed E-state index contributed by atoms with van der Waals surface area (Å²) in [5, 5.41) is 2.70. The number of benzene rings is 1. The standard InChI is InChI=1S/C19H26N2O5/c1-14(13-18(23)21(9-11-25-3)10-12-26-4)19(24)20-17-7-5-16(6-8-17)15(2)22/h5-8,13H,9-12H2,1-4H3,(H,20,24)/b14-13-. The molecule has 0 saturated carbocycles. The maximum absolute atomic E-state index is 12.4. The molecule has 0 radical (unpaired) electrons. The quantitative estimate of drug-likeness (QED) is 0.507. The van der Waals surface area contributed by atoms with Crippen LogP contribution in [0.3, 0.4) is 0 Å². The van der Waals surface area contributed by atoms with Crippen LogP contribution in [-0.4, -0.2) is 63.0 Å². The molecule has 0 atom stereocenters. The maximum atomic E-state index is 12.4. The summed E-state index contributed by atoms with van der Waals surface area (Å²) >= 11 is 0. The van der Waals surface area contributed by atoms with Crippen molar-refractivity contribution in [1.82, 2.24) is 4.90 Å². The van der Waals surface area contributed by atoms with Gasteiger partial charge in [0, 0.05) is 50.2 Å². The highest BCUT2D eigenvalue weighted by Crippen LogP contribution is 2.11. The predicted molar refractivity (Wildman–Crippen MR) is 99.2 cm³/mol. The second kappa shape index (κ2) is 11.2. The third-order valence-corrected chi connectivity index (χ3v) is 3.69. The lowest BCUT2D eigenvalue weighted by Gasteiger charge is -2.20. The van der Waals surface area contributed by atoms with Gasteiger partial charge in [-0.1, -0.05) is 0 Å². The zero-order valence-corrected chi connectivity index (χ0v) is 15.7. The first-order chi connectivity index (χ1) is 12.4. The van der Waals surface area contributed by atoms with E-state index in [2.05, 4.69) is 5.32 Å². The molecule has 0 saturated heterocycles. The number of ether oxygens (including phenoxy) is 2. The van der Waals surface area contributed by atoms with Gasteiger partial charge in [0.15, 0.2) is 5.78 Å². The minimum atomic E-state index is -0.382. The molecule has 0 aliphatic carbocycles. The lowest BCUT2D eigenvalue weighted by molar-refractivity contribution is -0.127. The molecule has 26 heavy (non-hydrogen) atoms. The van der Waals surface area contributed by atoms with Crippen LogP contribution in [0.15, 0.2) is 35.9 Å². The number of hydrogen-bond donors (Lipinski definition) is 1. The van der Waals surface area contributed by atoms with Gasteiger partial charge in [0.25, 0.3) is 5.91 Å². The van der Waals surface area contributed by atoms with Gasteiger partial charge < -0.3 is 19.7 Å². The summed E-state index contributed by atoms with van der Waals surface area (Å²) in [6, 6.07) is 6.57. The molecule has 7 nitrogen and oxygen atoms in total. The molecule has 0 aliphatic rings. The first-order valence-corrected chi connectivity index (χ1v) is 8.26. The Hall–Kier alpha value is -2.51. The highest BCUT2D eigenvalue weighted by atomic mass is 16.5. The van der Waals surface area contributed by atoms with Gasteiger partial charge in [-0.2, -0.15) is 0 Å². The molecule has 0 fully saturated rings. The molecule has 0 aromatic heterocycles. The van der Waals surface area contributed by atoms with E-state index in [0.717, 1.165) is 0 Å². The number of carbonyl (C=O) groups excluding carboxylic acids is 3. The van der Waals surface area contributed by atoms with E-state index in [1.807, 2.05) is 0 Å². The highest BCUT2D eigenvalue weighted by molar-refractivity contribution is 6.07. The number of nitrogens with zero attached hydrogens (tertiary/aromatic N) is 1. The van der Waals surface area contributed by atoms with Crippen LogP contribution >= 0.6 is 0 Å². The SMILES string of the molecule is COCCN(CCOC)C(=O)/C=C(/C)C(=O)Nc1ccc(C(C)=O)cc1. The van der Waals surface area contributed by atoms with E-state index >= 15 is 0 Å². The summed E-state index contributed by atoms with van der Waals surface area (Å²) in [5.41, 5.74) is 1.40. The van der Waals surface area contributed by atoms with Crippen molar-refractivity contribution in [2.24, 2.45) is 0 Å². The summed E-state index contributed by atoms with van der Waals surface area (Å²) < 4.78 is 10.0. The van der Waals surface area contributed by atoms with Crippen molar-refractivity contribution in [3.63, 3.8) is 0 Å². The molecule has 1 N–H and O–H groups in total. The van der Waals surface area contributed by atoms with Gasteiger partial charge in [-0.3, -0.25) is 14.4 Å². The molecular weight excluding hydrogens is 336 g/mol. The third kappa shape index (κ3) is 7.16. The molecule has 1 rings (SSSR count). The zero-order chi connectivity index (χ0) is 19.5. The second-order valence-electron chi connectivity index (χ2n) is 5.73. The van der Waals surface area contributed by atoms with Crippen LogP contribution in [-0.2, 0) is 19.1 Å². The topological polar surface area (TPSA) is 84.9 Å². The molecule has 142 valence electrons. The fraction of sp³-hybridized carbons (Fsp3) is 0.421. The second-order valence-corrected chi connectivity index (χ2v) is 5.73. The summed E-state index contributed by atoms with van der Waals surface area (Å²) in [4.78, 5) is 37.4. The summed E-state index contributed by atoms with van der Waals surface area (Å²) in [6.45, 7) is 4.67. The Balaban J connectivity index is 2.74. The zero-order valence-electron chi connectivity index (χ0n) is 15.7. The lowest BCUT2D eigenvalue weighted by atomic mass is 10.1. The monoisotopic (exact) mass is 362 g/mol. The Morgan fingerprint density at radius 3 is 2.00 bits per heavy atom. The van der Waals surface area contributed by atoms with Crippen LogP contribution in [0.2, 0.25) is 0 Å². The van der Waals surface area contributed by atoms with Gasteiger partial charge >= 0.3 is 0 Å². The van der Waals surface area contributed by atoms with Crippen molar-refractivity contribution in [2.75, 3.05) is 45.8 Å². The van der Waals surface area contributed by atoms with Crippen molar-refractivity contribution in [3.05, 3.63) is 41.5 Å². The number of Topliss-reactive ketones (excluding diaryl/α,β-unsaturated/α-hetero) is 1. The molecular formula is C19H26N2O5. The fourth-order valence-corrected chi connectivity index (χ4v) is 2.10. The molecule has 0 unspecified atom stereocenters. The van der Waals surface area contributed by atoms with Crippen LogP contribution in [0.4, 0.5) is 5.69 Å². The predicted octanol–water partition coefficient (Wildman–Crippen LogP) is 1.90. The van der Waals surface area contributed by atoms with E-state index < -0.39 is 0 Å². The van der Waals surface area contributed by atoms with Gasteiger partial charge in [-0.05, 0) is 38.1 Å². The molecule has 1 aromatic rings. The number of amides is 2. The van der Waals surface area contributed by atoms with Crippen molar-refractivity contribution >= 4 is 23.3 Å². The third-order valence-electron chi connectivity index (χ3n) is 3.69. The Bertz CT molecular complexity index is 644. The van der Waals surface area contributed by atoms with Gasteiger partial charge in [0.05, 0.1) is 13.2 Å². The summed E-state index contributed by atoms with van der Waals surface area (Å²) in [7, 11) is 3.12. The van der Waals surface area contributed by atoms with Gasteiger partial charge in [0.2, 0.25) is 5.91 Å². The minimum absolute atomic E-state index is 0.0447. The summed E-state index contributed by atoms with van der Waals surface area (Å²) in [6.07, 6.45) is 1.30. The number of anilines is 1. The van der Waals surface area contributed by atoms with E-state index in [9.17, 15) is 14.4 Å². The van der Waals surface area contributed by atoms with Crippen LogP contribution in [0, 0.1) is 0 Å². The minimum Gasteiger partial charge on any atom is -0.383 e. The molecule has 0 spiro atoms. The molecule has 0 heterocycles. The highest BCUT2D eigenvalue weighted by Gasteiger charge is 2.13. The number of ketones is 1. The average Bonchev–Trinajstić information content (AvgIpc) is 2.62. The first kappa shape index (κ1) is 21.5. The largest absolute Gasteiger partial charge is 0.383 e. The number of hydrogen-bond acceptors (Lipinski definition) is 5. The van der Waals surface area contributed by atoms with E-state index in [1.54, 1.807) is 50.3 Å². The number of rotatable bonds is 10. The number of carbonyl (C=O) groups is 3. The van der Waals surface area contributed by atoms with Gasteiger partial charge in [-0.15, -0.1) is 0 Å².